The van der Waals surface area contributed by atoms with Gasteiger partial charge in [-0.25, -0.2) is 0 Å². The number of para-hydroxylation sites is 2. The van der Waals surface area contributed by atoms with Crippen molar-refractivity contribution in [2.45, 2.75) is 39.8 Å². The molecule has 6 heteroatoms. The zero-order chi connectivity index (χ0) is 22.8. The van der Waals surface area contributed by atoms with Gasteiger partial charge < -0.3 is 9.80 Å². The van der Waals surface area contributed by atoms with E-state index in [1.54, 1.807) is 15.9 Å². The molecule has 0 fully saturated rings. The zero-order valence-corrected chi connectivity index (χ0v) is 18.9. The fraction of sp³-hybridized carbons (Fsp3) is 0.269. The molecule has 2 aromatic carbocycles. The van der Waals surface area contributed by atoms with Crippen LogP contribution in [0.5, 0.6) is 0 Å². The number of carbonyl (C=O) groups is 2. The van der Waals surface area contributed by atoms with E-state index in [0.29, 0.717) is 6.54 Å². The van der Waals surface area contributed by atoms with Gasteiger partial charge in [0, 0.05) is 36.8 Å². The number of aromatic nitrogens is 2. The normalized spacial score (nSPS) is 16.4. The minimum Gasteiger partial charge on any atom is -0.306 e. The van der Waals surface area contributed by atoms with E-state index in [4.69, 9.17) is 0 Å². The summed E-state index contributed by atoms with van der Waals surface area (Å²) in [6.07, 6.45) is 3.66. The number of anilines is 2. The molecule has 0 bridgehead atoms. The molecule has 1 aromatic heterocycles. The van der Waals surface area contributed by atoms with Crippen LogP contribution < -0.4 is 9.80 Å². The summed E-state index contributed by atoms with van der Waals surface area (Å²) in [6.45, 7) is 6.30. The van der Waals surface area contributed by atoms with Crippen LogP contribution in [-0.2, 0) is 23.2 Å². The minimum absolute atomic E-state index is 0.00651. The van der Waals surface area contributed by atoms with Crippen molar-refractivity contribution >= 4 is 29.3 Å². The number of carbonyl (C=O) groups excluding carboxylic acids is 2. The minimum atomic E-state index is -0.266. The smallest absolute Gasteiger partial charge is 0.251 e. The average Bonchev–Trinajstić information content (AvgIpc) is 2.96. The number of rotatable bonds is 4. The maximum absolute atomic E-state index is 13.4. The molecule has 1 atom stereocenters. The molecule has 164 valence electrons. The fourth-order valence-corrected chi connectivity index (χ4v) is 4.26. The fourth-order valence-electron chi connectivity index (χ4n) is 4.26. The topological polar surface area (TPSA) is 58.4 Å². The highest BCUT2D eigenvalue weighted by Crippen LogP contribution is 2.36. The Morgan fingerprint density at radius 1 is 1.06 bits per heavy atom. The number of aryl methyl sites for hydroxylation is 2. The summed E-state index contributed by atoms with van der Waals surface area (Å²) < 4.78 is 1.81. The Labute approximate surface area is 188 Å². The van der Waals surface area contributed by atoms with Crippen molar-refractivity contribution < 1.29 is 9.59 Å². The molecule has 32 heavy (non-hydrogen) atoms. The molecule has 2 heterocycles. The second-order valence-corrected chi connectivity index (χ2v) is 8.26. The number of amides is 2. The summed E-state index contributed by atoms with van der Waals surface area (Å²) in [7, 11) is 1.89. The Bertz CT molecular complexity index is 1180. The number of hydrogen-bond donors (Lipinski definition) is 0. The quantitative estimate of drug-likeness (QED) is 0.579. The van der Waals surface area contributed by atoms with Gasteiger partial charge in [-0.05, 0) is 44.5 Å². The van der Waals surface area contributed by atoms with Crippen LogP contribution in [-0.4, -0.2) is 27.6 Å². The molecule has 0 radical (unpaired) electrons. The third-order valence-electron chi connectivity index (χ3n) is 6.02. The molecule has 0 saturated carbocycles. The highest BCUT2D eigenvalue weighted by atomic mass is 16.2. The first-order chi connectivity index (χ1) is 15.4. The number of benzene rings is 2. The first-order valence-corrected chi connectivity index (χ1v) is 10.8. The Hall–Kier alpha value is -3.67. The lowest BCUT2D eigenvalue weighted by Gasteiger charge is -2.27. The predicted octanol–water partition coefficient (Wildman–Crippen LogP) is 4.41. The van der Waals surface area contributed by atoms with Gasteiger partial charge in [0.25, 0.3) is 5.91 Å². The van der Waals surface area contributed by atoms with Crippen LogP contribution in [0.3, 0.4) is 0 Å². The molecule has 1 aliphatic heterocycles. The first-order valence-electron chi connectivity index (χ1n) is 10.8. The summed E-state index contributed by atoms with van der Waals surface area (Å²) in [5.41, 5.74) is 5.36. The Morgan fingerprint density at radius 3 is 2.38 bits per heavy atom. The van der Waals surface area contributed by atoms with E-state index in [9.17, 15) is 9.59 Å². The van der Waals surface area contributed by atoms with Crippen molar-refractivity contribution in [1.29, 1.82) is 0 Å². The van der Waals surface area contributed by atoms with E-state index < -0.39 is 0 Å². The highest BCUT2D eigenvalue weighted by molar-refractivity contribution is 6.10. The molecule has 1 aliphatic rings. The first kappa shape index (κ1) is 21.6. The number of hydrogen-bond acceptors (Lipinski definition) is 3. The average molecular weight is 429 g/mol. The second-order valence-electron chi connectivity index (χ2n) is 8.26. The monoisotopic (exact) mass is 428 g/mol. The Kier molecular flexibility index (Phi) is 5.95. The molecule has 0 spiro atoms. The van der Waals surface area contributed by atoms with E-state index >= 15 is 0 Å². The van der Waals surface area contributed by atoms with E-state index in [2.05, 4.69) is 5.10 Å². The largest absolute Gasteiger partial charge is 0.306 e. The van der Waals surface area contributed by atoms with Gasteiger partial charge in [-0.1, -0.05) is 42.5 Å². The van der Waals surface area contributed by atoms with Gasteiger partial charge in [0.15, 0.2) is 0 Å². The predicted molar refractivity (Wildman–Crippen MR) is 127 cm³/mol. The van der Waals surface area contributed by atoms with Crippen LogP contribution in [0.25, 0.3) is 6.08 Å². The SMILES string of the molecule is Cc1nn(C)c(C)c1/C=C/C(=O)N1c2ccccc2N(Cc2ccccc2)C(=O)CC1C. The van der Waals surface area contributed by atoms with Gasteiger partial charge in [-0.15, -0.1) is 0 Å². The van der Waals surface area contributed by atoms with Crippen molar-refractivity contribution in [2.75, 3.05) is 9.80 Å². The molecule has 0 saturated heterocycles. The van der Waals surface area contributed by atoms with E-state index in [0.717, 1.165) is 33.9 Å². The second kappa shape index (κ2) is 8.83. The van der Waals surface area contributed by atoms with Gasteiger partial charge in [-0.2, -0.15) is 5.10 Å². The molecule has 0 aliphatic carbocycles. The Balaban J connectivity index is 1.70. The lowest BCUT2D eigenvalue weighted by Crippen LogP contribution is -2.38. The highest BCUT2D eigenvalue weighted by Gasteiger charge is 2.33. The third-order valence-corrected chi connectivity index (χ3v) is 6.02. The summed E-state index contributed by atoms with van der Waals surface area (Å²) in [5, 5.41) is 4.42. The summed E-state index contributed by atoms with van der Waals surface area (Å²) >= 11 is 0. The molecule has 3 aromatic rings. The summed E-state index contributed by atoms with van der Waals surface area (Å²) in [4.78, 5) is 30.1. The van der Waals surface area contributed by atoms with Crippen LogP contribution in [0.1, 0.15) is 35.9 Å². The lowest BCUT2D eigenvalue weighted by atomic mass is 10.1. The van der Waals surface area contributed by atoms with Gasteiger partial charge in [-0.3, -0.25) is 14.3 Å². The maximum atomic E-state index is 13.4. The molecule has 2 amide bonds. The summed E-state index contributed by atoms with van der Waals surface area (Å²) in [6, 6.07) is 17.3. The van der Waals surface area contributed by atoms with Crippen molar-refractivity contribution in [2.24, 2.45) is 7.05 Å². The van der Waals surface area contributed by atoms with Gasteiger partial charge in [0.2, 0.25) is 5.91 Å². The van der Waals surface area contributed by atoms with E-state index in [-0.39, 0.29) is 24.3 Å². The van der Waals surface area contributed by atoms with Crippen molar-refractivity contribution in [3.05, 3.63) is 83.2 Å². The lowest BCUT2D eigenvalue weighted by molar-refractivity contribution is -0.119. The van der Waals surface area contributed by atoms with Crippen LogP contribution in [0.4, 0.5) is 11.4 Å². The molecular formula is C26H28N4O2. The van der Waals surface area contributed by atoms with E-state index in [1.165, 1.54) is 0 Å². The van der Waals surface area contributed by atoms with Gasteiger partial charge in [0.1, 0.15) is 0 Å². The molecule has 1 unspecified atom stereocenters. The zero-order valence-electron chi connectivity index (χ0n) is 18.9. The van der Waals surface area contributed by atoms with Crippen LogP contribution in [0, 0.1) is 13.8 Å². The molecular weight excluding hydrogens is 400 g/mol. The van der Waals surface area contributed by atoms with Crippen molar-refractivity contribution in [1.82, 2.24) is 9.78 Å². The number of nitrogens with zero attached hydrogens (tertiary/aromatic N) is 4. The van der Waals surface area contributed by atoms with Crippen molar-refractivity contribution in [3.63, 3.8) is 0 Å². The van der Waals surface area contributed by atoms with Gasteiger partial charge in [0.05, 0.1) is 23.6 Å². The van der Waals surface area contributed by atoms with Crippen molar-refractivity contribution in [3.8, 4) is 0 Å². The standard InChI is InChI=1S/C26H28N4O2/c1-18-16-26(32)29(17-21-10-6-5-7-11-21)23-12-8-9-13-24(23)30(18)25(31)15-14-22-19(2)27-28(4)20(22)3/h5-15,18H,16-17H2,1-4H3/b15-14+. The van der Waals surface area contributed by atoms with Crippen LogP contribution in [0.2, 0.25) is 0 Å². The van der Waals surface area contributed by atoms with Gasteiger partial charge >= 0.3 is 0 Å². The Morgan fingerprint density at radius 2 is 1.72 bits per heavy atom. The summed E-state index contributed by atoms with van der Waals surface area (Å²) in [5.74, 6) is -0.144. The third kappa shape index (κ3) is 4.08. The number of fused-ring (bicyclic) bond motifs is 1. The maximum Gasteiger partial charge on any atom is 0.251 e. The molecule has 6 nitrogen and oxygen atoms in total. The van der Waals surface area contributed by atoms with E-state index in [1.807, 2.05) is 93.2 Å². The molecule has 0 N–H and O–H groups in total. The van der Waals surface area contributed by atoms with Crippen LogP contribution >= 0.6 is 0 Å². The molecule has 4 rings (SSSR count). The van der Waals surface area contributed by atoms with Crippen LogP contribution in [0.15, 0.2) is 60.7 Å².